The molecule has 3 nitrogen and oxygen atoms in total. The molecular formula is C14H20O3S. The summed E-state index contributed by atoms with van der Waals surface area (Å²) in [5, 5.41) is 0. The van der Waals surface area contributed by atoms with E-state index in [1.54, 1.807) is 0 Å². The molecule has 1 saturated carbocycles. The lowest BCUT2D eigenvalue weighted by atomic mass is 9.77. The standard InChI is InChI=1S/C14H20O3S/c1-11-4-2-3-5-13(11)10-12-6-8-14(9-7-12)18(15,16)17/h6-9,11,13H,2-5,10H2,1H3,(H,15,16,17). The van der Waals surface area contributed by atoms with E-state index in [1.807, 2.05) is 12.1 Å². The maximum Gasteiger partial charge on any atom is 0.294 e. The van der Waals surface area contributed by atoms with Crippen molar-refractivity contribution in [3.63, 3.8) is 0 Å². The van der Waals surface area contributed by atoms with Crippen LogP contribution in [0.15, 0.2) is 29.2 Å². The van der Waals surface area contributed by atoms with Crippen LogP contribution in [0.25, 0.3) is 0 Å². The molecule has 0 aromatic heterocycles. The Morgan fingerprint density at radius 2 is 1.78 bits per heavy atom. The smallest absolute Gasteiger partial charge is 0.282 e. The molecule has 18 heavy (non-hydrogen) atoms. The van der Waals surface area contributed by atoms with Crippen LogP contribution in [0.5, 0.6) is 0 Å². The number of hydrogen-bond acceptors (Lipinski definition) is 2. The van der Waals surface area contributed by atoms with Crippen LogP contribution >= 0.6 is 0 Å². The van der Waals surface area contributed by atoms with Crippen molar-refractivity contribution in [3.8, 4) is 0 Å². The second-order valence-electron chi connectivity index (χ2n) is 5.34. The van der Waals surface area contributed by atoms with E-state index in [2.05, 4.69) is 6.92 Å². The molecule has 0 amide bonds. The first kappa shape index (κ1) is 13.6. The highest BCUT2D eigenvalue weighted by Gasteiger charge is 2.21. The first-order valence-electron chi connectivity index (χ1n) is 6.53. The van der Waals surface area contributed by atoms with Gasteiger partial charge in [0.15, 0.2) is 0 Å². The van der Waals surface area contributed by atoms with Crippen LogP contribution in [0.2, 0.25) is 0 Å². The molecule has 1 aliphatic rings. The van der Waals surface area contributed by atoms with Crippen molar-refractivity contribution in [1.82, 2.24) is 0 Å². The van der Waals surface area contributed by atoms with Gasteiger partial charge in [-0.3, -0.25) is 4.55 Å². The van der Waals surface area contributed by atoms with E-state index in [9.17, 15) is 8.42 Å². The third-order valence-corrected chi connectivity index (χ3v) is 4.88. The highest BCUT2D eigenvalue weighted by molar-refractivity contribution is 7.85. The molecule has 1 fully saturated rings. The average molecular weight is 268 g/mol. The van der Waals surface area contributed by atoms with Crippen molar-refractivity contribution >= 4 is 10.1 Å². The lowest BCUT2D eigenvalue weighted by Gasteiger charge is -2.28. The Morgan fingerprint density at radius 3 is 2.33 bits per heavy atom. The lowest BCUT2D eigenvalue weighted by Crippen LogP contribution is -2.18. The van der Waals surface area contributed by atoms with Crippen LogP contribution in [-0.2, 0) is 16.5 Å². The minimum absolute atomic E-state index is 0.0251. The van der Waals surface area contributed by atoms with Gasteiger partial charge in [0.25, 0.3) is 10.1 Å². The van der Waals surface area contributed by atoms with E-state index in [0.29, 0.717) is 5.92 Å². The maximum absolute atomic E-state index is 10.9. The summed E-state index contributed by atoms with van der Waals surface area (Å²) in [4.78, 5) is -0.0251. The number of benzene rings is 1. The molecule has 0 bridgehead atoms. The molecule has 0 spiro atoms. The molecule has 1 N–H and O–H groups in total. The van der Waals surface area contributed by atoms with Gasteiger partial charge in [0, 0.05) is 0 Å². The van der Waals surface area contributed by atoms with Crippen LogP contribution < -0.4 is 0 Å². The van der Waals surface area contributed by atoms with E-state index in [1.165, 1.54) is 37.8 Å². The summed E-state index contributed by atoms with van der Waals surface area (Å²) in [7, 11) is -4.06. The molecule has 0 radical (unpaired) electrons. The number of rotatable bonds is 3. The minimum Gasteiger partial charge on any atom is -0.282 e. The minimum atomic E-state index is -4.06. The number of hydrogen-bond donors (Lipinski definition) is 1. The van der Waals surface area contributed by atoms with Crippen LogP contribution in [0.3, 0.4) is 0 Å². The maximum atomic E-state index is 10.9. The van der Waals surface area contributed by atoms with Crippen LogP contribution in [0.1, 0.15) is 38.2 Å². The van der Waals surface area contributed by atoms with E-state index < -0.39 is 10.1 Å². The molecule has 2 unspecified atom stereocenters. The van der Waals surface area contributed by atoms with Crippen LogP contribution in [0, 0.1) is 11.8 Å². The second kappa shape index (κ2) is 5.41. The predicted octanol–water partition coefficient (Wildman–Crippen LogP) is 3.30. The molecular weight excluding hydrogens is 248 g/mol. The fraction of sp³-hybridized carbons (Fsp3) is 0.571. The van der Waals surface area contributed by atoms with Gasteiger partial charge < -0.3 is 0 Å². The van der Waals surface area contributed by atoms with Gasteiger partial charge in [-0.15, -0.1) is 0 Å². The molecule has 2 atom stereocenters. The Hall–Kier alpha value is -0.870. The topological polar surface area (TPSA) is 54.4 Å². The van der Waals surface area contributed by atoms with E-state index in [4.69, 9.17) is 4.55 Å². The fourth-order valence-electron chi connectivity index (χ4n) is 2.80. The highest BCUT2D eigenvalue weighted by Crippen LogP contribution is 2.32. The quantitative estimate of drug-likeness (QED) is 0.856. The fourth-order valence-corrected chi connectivity index (χ4v) is 3.28. The van der Waals surface area contributed by atoms with Crippen molar-refractivity contribution in [2.45, 2.75) is 43.9 Å². The summed E-state index contributed by atoms with van der Waals surface area (Å²) >= 11 is 0. The van der Waals surface area contributed by atoms with Gasteiger partial charge in [0.05, 0.1) is 4.90 Å². The Labute approximate surface area is 109 Å². The molecule has 1 aromatic rings. The molecule has 1 aromatic carbocycles. The Balaban J connectivity index is 2.06. The zero-order valence-corrected chi connectivity index (χ0v) is 11.5. The molecule has 100 valence electrons. The summed E-state index contributed by atoms with van der Waals surface area (Å²) < 4.78 is 30.8. The van der Waals surface area contributed by atoms with Gasteiger partial charge in [-0.1, -0.05) is 38.3 Å². The summed E-state index contributed by atoms with van der Waals surface area (Å²) in [6.45, 7) is 2.30. The normalized spacial score (nSPS) is 25.0. The molecule has 0 saturated heterocycles. The SMILES string of the molecule is CC1CCCCC1Cc1ccc(S(=O)(=O)O)cc1. The van der Waals surface area contributed by atoms with Gasteiger partial charge >= 0.3 is 0 Å². The van der Waals surface area contributed by atoms with Gasteiger partial charge in [-0.25, -0.2) is 0 Å². The van der Waals surface area contributed by atoms with E-state index in [0.717, 1.165) is 17.9 Å². The van der Waals surface area contributed by atoms with Crippen molar-refractivity contribution in [2.24, 2.45) is 11.8 Å². The van der Waals surface area contributed by atoms with Crippen molar-refractivity contribution in [2.75, 3.05) is 0 Å². The van der Waals surface area contributed by atoms with E-state index in [-0.39, 0.29) is 4.90 Å². The molecule has 1 aliphatic carbocycles. The summed E-state index contributed by atoms with van der Waals surface area (Å²) in [6.07, 6.45) is 6.21. The lowest BCUT2D eigenvalue weighted by molar-refractivity contribution is 0.255. The van der Waals surface area contributed by atoms with Gasteiger partial charge in [0.1, 0.15) is 0 Å². The average Bonchev–Trinajstić information content (AvgIpc) is 2.32. The first-order valence-corrected chi connectivity index (χ1v) is 7.97. The van der Waals surface area contributed by atoms with Crippen molar-refractivity contribution in [1.29, 1.82) is 0 Å². The molecule has 4 heteroatoms. The highest BCUT2D eigenvalue weighted by atomic mass is 32.2. The van der Waals surface area contributed by atoms with Crippen molar-refractivity contribution in [3.05, 3.63) is 29.8 Å². The second-order valence-corrected chi connectivity index (χ2v) is 6.77. The first-order chi connectivity index (χ1) is 8.47. The van der Waals surface area contributed by atoms with Gasteiger partial charge in [0.2, 0.25) is 0 Å². The zero-order chi connectivity index (χ0) is 13.2. The molecule has 0 heterocycles. The zero-order valence-electron chi connectivity index (χ0n) is 10.7. The van der Waals surface area contributed by atoms with Crippen LogP contribution in [0.4, 0.5) is 0 Å². The predicted molar refractivity (Wildman–Crippen MR) is 71.1 cm³/mol. The summed E-state index contributed by atoms with van der Waals surface area (Å²) in [5.74, 6) is 1.45. The van der Waals surface area contributed by atoms with Gasteiger partial charge in [-0.05, 0) is 42.4 Å². The third-order valence-electron chi connectivity index (χ3n) is 4.01. The Morgan fingerprint density at radius 1 is 1.17 bits per heavy atom. The largest absolute Gasteiger partial charge is 0.294 e. The van der Waals surface area contributed by atoms with Crippen molar-refractivity contribution < 1.29 is 13.0 Å². The Bertz CT molecular complexity index is 490. The molecule has 0 aliphatic heterocycles. The molecule has 2 rings (SSSR count). The third kappa shape index (κ3) is 3.33. The summed E-state index contributed by atoms with van der Waals surface area (Å²) in [6, 6.07) is 6.59. The monoisotopic (exact) mass is 268 g/mol. The Kier molecular flexibility index (Phi) is 4.07. The van der Waals surface area contributed by atoms with E-state index >= 15 is 0 Å². The summed E-state index contributed by atoms with van der Waals surface area (Å²) in [5.41, 5.74) is 1.15. The van der Waals surface area contributed by atoms with Crippen LogP contribution in [-0.4, -0.2) is 13.0 Å². The van der Waals surface area contributed by atoms with Gasteiger partial charge in [-0.2, -0.15) is 8.42 Å².